The van der Waals surface area contributed by atoms with Gasteiger partial charge in [-0.15, -0.1) is 0 Å². The van der Waals surface area contributed by atoms with Crippen molar-refractivity contribution in [1.29, 1.82) is 0 Å². The molecule has 1 heterocycles. The Labute approximate surface area is 111 Å². The average molecular weight is 263 g/mol. The van der Waals surface area contributed by atoms with Crippen LogP contribution in [0.1, 0.15) is 31.2 Å². The van der Waals surface area contributed by atoms with Gasteiger partial charge in [0, 0.05) is 6.42 Å². The highest BCUT2D eigenvalue weighted by Gasteiger charge is 2.24. The van der Waals surface area contributed by atoms with Crippen LogP contribution in [0.4, 0.5) is 0 Å². The van der Waals surface area contributed by atoms with Gasteiger partial charge in [-0.25, -0.2) is 0 Å². The zero-order chi connectivity index (χ0) is 13.8. The lowest BCUT2D eigenvalue weighted by Crippen LogP contribution is -2.39. The number of nitrogens with one attached hydrogen (secondary N) is 1. The van der Waals surface area contributed by atoms with Crippen molar-refractivity contribution in [2.24, 2.45) is 0 Å². The summed E-state index contributed by atoms with van der Waals surface area (Å²) in [6, 6.07) is 6.79. The highest BCUT2D eigenvalue weighted by atomic mass is 16.5. The molecule has 0 saturated heterocycles. The summed E-state index contributed by atoms with van der Waals surface area (Å²) in [6.45, 7) is 2.04. The molecule has 2 rings (SSSR count). The lowest BCUT2D eigenvalue weighted by Gasteiger charge is -2.25. The van der Waals surface area contributed by atoms with E-state index in [-0.39, 0.29) is 18.2 Å². The molecule has 102 valence electrons. The lowest BCUT2D eigenvalue weighted by molar-refractivity contribution is -0.141. The third-order valence-corrected chi connectivity index (χ3v) is 3.26. The van der Waals surface area contributed by atoms with E-state index in [2.05, 4.69) is 5.32 Å². The van der Waals surface area contributed by atoms with E-state index in [0.29, 0.717) is 6.61 Å². The summed E-state index contributed by atoms with van der Waals surface area (Å²) in [6.07, 6.45) is 1.06. The molecule has 5 nitrogen and oxygen atoms in total. The van der Waals surface area contributed by atoms with E-state index in [0.717, 1.165) is 17.7 Å². The summed E-state index contributed by atoms with van der Waals surface area (Å²) >= 11 is 0. The third-order valence-electron chi connectivity index (χ3n) is 3.26. The molecule has 0 spiro atoms. The molecule has 1 aliphatic rings. The molecule has 19 heavy (non-hydrogen) atoms. The largest absolute Gasteiger partial charge is 0.493 e. The van der Waals surface area contributed by atoms with Crippen molar-refractivity contribution in [1.82, 2.24) is 5.32 Å². The fourth-order valence-corrected chi connectivity index (χ4v) is 2.21. The molecule has 1 aromatic carbocycles. The Morgan fingerprint density at radius 3 is 2.95 bits per heavy atom. The molecule has 0 fully saturated rings. The monoisotopic (exact) mass is 263 g/mol. The molecule has 0 aliphatic carbocycles. The minimum atomic E-state index is -1.03. The van der Waals surface area contributed by atoms with Gasteiger partial charge in [0.25, 0.3) is 0 Å². The summed E-state index contributed by atoms with van der Waals surface area (Å²) in [5.41, 5.74) is 1.02. The maximum absolute atomic E-state index is 11.8. The predicted octanol–water partition coefficient (Wildman–Crippen LogP) is 1.53. The molecule has 0 bridgehead atoms. The fourth-order valence-electron chi connectivity index (χ4n) is 2.21. The Balaban J connectivity index is 2.01. The van der Waals surface area contributed by atoms with Crippen molar-refractivity contribution in [2.45, 2.75) is 31.7 Å². The minimum Gasteiger partial charge on any atom is -0.493 e. The Hall–Kier alpha value is -2.04. The zero-order valence-electron chi connectivity index (χ0n) is 10.8. The Morgan fingerprint density at radius 2 is 2.21 bits per heavy atom. The normalized spacial score (nSPS) is 18.9. The maximum atomic E-state index is 11.8. The summed E-state index contributed by atoms with van der Waals surface area (Å²) in [5, 5.41) is 11.2. The number of carboxylic acid groups (broad SMARTS) is 1. The van der Waals surface area contributed by atoms with E-state index >= 15 is 0 Å². The number of carbonyl (C=O) groups is 2. The molecular formula is C14H17NO4. The standard InChI is InChI=1S/C14H17NO4/c1-9(14(17)18)15-13(16)8-10-6-7-19-12-5-3-2-4-11(10)12/h2-5,9-10H,6-8H2,1H3,(H,15,16)(H,17,18)/t9-,10?/m1/s1. The van der Waals surface area contributed by atoms with E-state index in [4.69, 9.17) is 9.84 Å². The number of hydrogen-bond donors (Lipinski definition) is 2. The average Bonchev–Trinajstić information content (AvgIpc) is 2.39. The lowest BCUT2D eigenvalue weighted by atomic mass is 9.90. The number of benzene rings is 1. The van der Waals surface area contributed by atoms with Gasteiger partial charge in [0.1, 0.15) is 11.8 Å². The van der Waals surface area contributed by atoms with Gasteiger partial charge in [-0.2, -0.15) is 0 Å². The number of carbonyl (C=O) groups excluding carboxylic acids is 1. The van der Waals surface area contributed by atoms with Crippen molar-refractivity contribution in [2.75, 3.05) is 6.61 Å². The van der Waals surface area contributed by atoms with Crippen molar-refractivity contribution >= 4 is 11.9 Å². The summed E-state index contributed by atoms with van der Waals surface area (Å²) in [5.74, 6) is -0.360. The fraction of sp³-hybridized carbons (Fsp3) is 0.429. The first kappa shape index (κ1) is 13.4. The number of amides is 1. The van der Waals surface area contributed by atoms with Crippen LogP contribution in [0.3, 0.4) is 0 Å². The van der Waals surface area contributed by atoms with Gasteiger partial charge in [0.15, 0.2) is 0 Å². The van der Waals surface area contributed by atoms with Crippen LogP contribution in [-0.4, -0.2) is 29.6 Å². The third kappa shape index (κ3) is 3.24. The maximum Gasteiger partial charge on any atom is 0.325 e. The van der Waals surface area contributed by atoms with Crippen LogP contribution < -0.4 is 10.1 Å². The molecule has 1 amide bonds. The van der Waals surface area contributed by atoms with Gasteiger partial charge in [0.05, 0.1) is 6.61 Å². The molecule has 0 aromatic heterocycles. The minimum absolute atomic E-state index is 0.0888. The number of fused-ring (bicyclic) bond motifs is 1. The van der Waals surface area contributed by atoms with Crippen molar-refractivity contribution in [3.8, 4) is 5.75 Å². The second kappa shape index (κ2) is 5.73. The predicted molar refractivity (Wildman–Crippen MR) is 69.2 cm³/mol. The van der Waals surface area contributed by atoms with Gasteiger partial charge in [-0.05, 0) is 30.9 Å². The van der Waals surface area contributed by atoms with E-state index in [9.17, 15) is 9.59 Å². The van der Waals surface area contributed by atoms with Crippen molar-refractivity contribution in [3.05, 3.63) is 29.8 Å². The van der Waals surface area contributed by atoms with Crippen LogP contribution in [0.5, 0.6) is 5.75 Å². The first-order valence-corrected chi connectivity index (χ1v) is 6.32. The summed E-state index contributed by atoms with van der Waals surface area (Å²) < 4.78 is 5.53. The van der Waals surface area contributed by atoms with Crippen molar-refractivity contribution in [3.63, 3.8) is 0 Å². The van der Waals surface area contributed by atoms with Gasteiger partial charge >= 0.3 is 5.97 Å². The summed E-state index contributed by atoms with van der Waals surface area (Å²) in [7, 11) is 0. The second-order valence-electron chi connectivity index (χ2n) is 4.70. The zero-order valence-corrected chi connectivity index (χ0v) is 10.8. The van der Waals surface area contributed by atoms with Gasteiger partial charge in [0.2, 0.25) is 5.91 Å². The van der Waals surface area contributed by atoms with Crippen LogP contribution in [0.2, 0.25) is 0 Å². The SMILES string of the molecule is C[C@@H](NC(=O)CC1CCOc2ccccc21)C(=O)O. The van der Waals surface area contributed by atoms with E-state index in [1.54, 1.807) is 0 Å². The number of hydrogen-bond acceptors (Lipinski definition) is 3. The number of rotatable bonds is 4. The van der Waals surface area contributed by atoms with E-state index < -0.39 is 12.0 Å². The number of aliphatic carboxylic acids is 1. The molecule has 2 N–H and O–H groups in total. The van der Waals surface area contributed by atoms with Gasteiger partial charge in [-0.1, -0.05) is 18.2 Å². The molecule has 5 heteroatoms. The van der Waals surface area contributed by atoms with E-state index in [1.165, 1.54) is 6.92 Å². The smallest absolute Gasteiger partial charge is 0.325 e. The Bertz CT molecular complexity index is 486. The quantitative estimate of drug-likeness (QED) is 0.863. The van der Waals surface area contributed by atoms with Gasteiger partial charge in [-0.3, -0.25) is 9.59 Å². The molecule has 1 aromatic rings. The van der Waals surface area contributed by atoms with Crippen LogP contribution in [0.25, 0.3) is 0 Å². The van der Waals surface area contributed by atoms with Gasteiger partial charge < -0.3 is 15.2 Å². The molecule has 0 radical (unpaired) electrons. The highest BCUT2D eigenvalue weighted by molar-refractivity contribution is 5.83. The highest BCUT2D eigenvalue weighted by Crippen LogP contribution is 2.35. The van der Waals surface area contributed by atoms with Crippen LogP contribution in [0, 0.1) is 0 Å². The molecule has 1 unspecified atom stereocenters. The number of carboxylic acids is 1. The summed E-state index contributed by atoms with van der Waals surface area (Å²) in [4.78, 5) is 22.5. The van der Waals surface area contributed by atoms with Crippen molar-refractivity contribution < 1.29 is 19.4 Å². The number of para-hydroxylation sites is 1. The molecule has 2 atom stereocenters. The topological polar surface area (TPSA) is 75.6 Å². The van der Waals surface area contributed by atoms with Crippen LogP contribution >= 0.6 is 0 Å². The van der Waals surface area contributed by atoms with Crippen LogP contribution in [-0.2, 0) is 9.59 Å². The number of ether oxygens (including phenoxy) is 1. The molecule has 0 saturated carbocycles. The van der Waals surface area contributed by atoms with Crippen LogP contribution in [0.15, 0.2) is 24.3 Å². The van der Waals surface area contributed by atoms with E-state index in [1.807, 2.05) is 24.3 Å². The molecule has 1 aliphatic heterocycles. The first-order chi connectivity index (χ1) is 9.08. The Morgan fingerprint density at radius 1 is 1.47 bits per heavy atom. The Kier molecular flexibility index (Phi) is 4.04. The second-order valence-corrected chi connectivity index (χ2v) is 4.70. The first-order valence-electron chi connectivity index (χ1n) is 6.32. The molecular weight excluding hydrogens is 246 g/mol.